The lowest BCUT2D eigenvalue weighted by atomic mass is 9.76. The molecule has 0 radical (unpaired) electrons. The average Bonchev–Trinajstić information content (AvgIpc) is 3.71. The Kier molecular flexibility index (Phi) is 6.84. The Balaban J connectivity index is 1.03. The number of fused-ring (bicyclic) bond motifs is 7. The number of benzene rings is 1. The summed E-state index contributed by atoms with van der Waals surface area (Å²) in [6, 6.07) is 9.76. The molecule has 240 valence electrons. The molecule has 1 N–H and O–H groups in total. The molecule has 1 fully saturated rings. The first-order chi connectivity index (χ1) is 23.8. The summed E-state index contributed by atoms with van der Waals surface area (Å²) < 4.78 is 7.14. The summed E-state index contributed by atoms with van der Waals surface area (Å²) in [5.74, 6) is 3.07. The average molecular weight is 630 g/mol. The largest absolute Gasteiger partial charge is 0.487 e. The highest BCUT2D eigenvalue weighted by Crippen LogP contribution is 2.55. The van der Waals surface area contributed by atoms with Crippen LogP contribution in [0.15, 0.2) is 160 Å². The molecule has 4 nitrogen and oxygen atoms in total. The number of rotatable bonds is 4. The summed E-state index contributed by atoms with van der Waals surface area (Å²) in [5, 5.41) is 3.91. The van der Waals surface area contributed by atoms with Gasteiger partial charge in [0.25, 0.3) is 0 Å². The van der Waals surface area contributed by atoms with Crippen molar-refractivity contribution in [2.45, 2.75) is 81.5 Å². The van der Waals surface area contributed by atoms with Crippen LogP contribution in [-0.2, 0) is 4.74 Å². The van der Waals surface area contributed by atoms with Gasteiger partial charge in [-0.3, -0.25) is 4.99 Å². The van der Waals surface area contributed by atoms with Gasteiger partial charge < -0.3 is 15.0 Å². The number of para-hydroxylation sites is 1. The van der Waals surface area contributed by atoms with E-state index in [4.69, 9.17) is 9.73 Å². The fourth-order valence-electron chi connectivity index (χ4n) is 9.82. The molecule has 10 rings (SSSR count). The maximum absolute atomic E-state index is 7.14. The molecule has 3 aliphatic heterocycles. The molecular formula is C44H43N3O. The fraction of sp³-hybridized carbons (Fsp3) is 0.341. The lowest BCUT2D eigenvalue weighted by Gasteiger charge is -2.39. The third kappa shape index (κ3) is 4.45. The summed E-state index contributed by atoms with van der Waals surface area (Å²) in [7, 11) is 0. The standard InChI is InChI=1S/C44H43N3O/c1-3-14-28(15-4-1)30-20-11-25-37-40(30)32-19-8-10-24-36(32)47(37)38-26-12-21-33-41-34(22-13-27-39(41)48-43(33)38)44-45-35-23-9-7-18-31(35)42(46-44)29-16-5-2-6-17-29/h1,3,5,7-11,14,16-25,31,35,37,39-42H,2,4,6,12-13,15,26-27H2,(H,45,46). The highest BCUT2D eigenvalue weighted by Gasteiger charge is 2.49. The monoisotopic (exact) mass is 629 g/mol. The SMILES string of the molecule is C1=CCCC(C2=CC=CC3C2c2ccccc2N3C2=C3OC4CCC=C(C5=NC(C6=CCCC=C6)C6C=CC=CC6N5)C4C3=CCC2)=C1. The molecule has 0 aromatic heterocycles. The van der Waals surface area contributed by atoms with Gasteiger partial charge in [-0.2, -0.15) is 0 Å². The molecule has 48 heavy (non-hydrogen) atoms. The Morgan fingerprint density at radius 1 is 0.771 bits per heavy atom. The van der Waals surface area contributed by atoms with Crippen LogP contribution < -0.4 is 10.2 Å². The molecule has 0 amide bonds. The van der Waals surface area contributed by atoms with E-state index in [1.54, 1.807) is 0 Å². The molecule has 1 aromatic carbocycles. The van der Waals surface area contributed by atoms with Crippen LogP contribution in [-0.4, -0.2) is 30.1 Å². The van der Waals surface area contributed by atoms with Crippen LogP contribution >= 0.6 is 0 Å². The second kappa shape index (κ2) is 11.5. The molecule has 1 aromatic rings. The van der Waals surface area contributed by atoms with Crippen molar-refractivity contribution in [3.8, 4) is 0 Å². The van der Waals surface area contributed by atoms with Crippen molar-refractivity contribution >= 4 is 11.5 Å². The van der Waals surface area contributed by atoms with Gasteiger partial charge in [0.2, 0.25) is 0 Å². The van der Waals surface area contributed by atoms with E-state index in [1.807, 2.05) is 0 Å². The van der Waals surface area contributed by atoms with Crippen LogP contribution in [0, 0.1) is 11.8 Å². The molecular weight excluding hydrogens is 587 g/mol. The zero-order valence-corrected chi connectivity index (χ0v) is 27.5. The van der Waals surface area contributed by atoms with Gasteiger partial charge in [0, 0.05) is 28.7 Å². The second-order valence-corrected chi connectivity index (χ2v) is 14.5. The Labute approximate surface area is 284 Å². The molecule has 6 aliphatic carbocycles. The first-order valence-corrected chi connectivity index (χ1v) is 18.3. The minimum Gasteiger partial charge on any atom is -0.487 e. The predicted molar refractivity (Wildman–Crippen MR) is 196 cm³/mol. The van der Waals surface area contributed by atoms with Gasteiger partial charge in [-0.1, -0.05) is 109 Å². The summed E-state index contributed by atoms with van der Waals surface area (Å²) >= 11 is 0. The van der Waals surface area contributed by atoms with Gasteiger partial charge >= 0.3 is 0 Å². The van der Waals surface area contributed by atoms with Crippen molar-refractivity contribution in [1.29, 1.82) is 0 Å². The molecule has 7 atom stereocenters. The Bertz CT molecular complexity index is 1930. The molecule has 0 saturated carbocycles. The smallest absolute Gasteiger partial charge is 0.142 e. The van der Waals surface area contributed by atoms with Crippen molar-refractivity contribution in [3.05, 3.63) is 160 Å². The number of nitrogens with zero attached hydrogens (tertiary/aromatic N) is 2. The lowest BCUT2D eigenvalue weighted by molar-refractivity contribution is 0.126. The number of aliphatic imine (C=N–C) groups is 1. The minimum atomic E-state index is 0.131. The number of amidine groups is 1. The quantitative estimate of drug-likeness (QED) is 0.361. The first kappa shape index (κ1) is 28.4. The zero-order chi connectivity index (χ0) is 31.6. The van der Waals surface area contributed by atoms with Gasteiger partial charge in [-0.15, -0.1) is 0 Å². The van der Waals surface area contributed by atoms with E-state index in [0.717, 1.165) is 63.0 Å². The highest BCUT2D eigenvalue weighted by atomic mass is 16.5. The van der Waals surface area contributed by atoms with E-state index in [0.29, 0.717) is 11.8 Å². The molecule has 4 heteroatoms. The normalized spacial score (nSPS) is 33.9. The molecule has 3 heterocycles. The van der Waals surface area contributed by atoms with Crippen LogP contribution in [0.1, 0.15) is 62.8 Å². The van der Waals surface area contributed by atoms with Gasteiger partial charge in [0.1, 0.15) is 17.7 Å². The lowest BCUT2D eigenvalue weighted by Crippen LogP contribution is -2.50. The van der Waals surface area contributed by atoms with E-state index >= 15 is 0 Å². The van der Waals surface area contributed by atoms with Crippen molar-refractivity contribution in [1.82, 2.24) is 5.32 Å². The van der Waals surface area contributed by atoms with Crippen molar-refractivity contribution < 1.29 is 4.74 Å². The molecule has 7 unspecified atom stereocenters. The van der Waals surface area contributed by atoms with Crippen LogP contribution in [0.25, 0.3) is 0 Å². The number of hydrogen-bond acceptors (Lipinski definition) is 4. The van der Waals surface area contributed by atoms with E-state index < -0.39 is 0 Å². The summed E-state index contributed by atoms with van der Waals surface area (Å²) in [5.41, 5.74) is 11.2. The van der Waals surface area contributed by atoms with Crippen LogP contribution in [0.4, 0.5) is 5.69 Å². The van der Waals surface area contributed by atoms with E-state index in [2.05, 4.69) is 126 Å². The summed E-state index contributed by atoms with van der Waals surface area (Å²) in [4.78, 5) is 8.20. The number of anilines is 1. The summed E-state index contributed by atoms with van der Waals surface area (Å²) in [6.07, 6.45) is 43.7. The molecule has 9 aliphatic rings. The van der Waals surface area contributed by atoms with Crippen LogP contribution in [0.3, 0.4) is 0 Å². The fourth-order valence-corrected chi connectivity index (χ4v) is 9.82. The Morgan fingerprint density at radius 3 is 2.62 bits per heavy atom. The number of allylic oxidation sites excluding steroid dienone is 14. The number of nitrogens with one attached hydrogen (secondary N) is 1. The van der Waals surface area contributed by atoms with E-state index in [9.17, 15) is 0 Å². The second-order valence-electron chi connectivity index (χ2n) is 14.5. The molecule has 0 bridgehead atoms. The van der Waals surface area contributed by atoms with Crippen molar-refractivity contribution in [2.24, 2.45) is 16.8 Å². The van der Waals surface area contributed by atoms with Gasteiger partial charge in [0.05, 0.1) is 29.7 Å². The van der Waals surface area contributed by atoms with E-state index in [-0.39, 0.29) is 30.1 Å². The van der Waals surface area contributed by atoms with Crippen molar-refractivity contribution in [2.75, 3.05) is 4.90 Å². The van der Waals surface area contributed by atoms with Gasteiger partial charge in [-0.25, -0.2) is 0 Å². The Morgan fingerprint density at radius 2 is 1.71 bits per heavy atom. The topological polar surface area (TPSA) is 36.9 Å². The van der Waals surface area contributed by atoms with Crippen LogP contribution in [0.2, 0.25) is 0 Å². The third-order valence-electron chi connectivity index (χ3n) is 11.9. The maximum atomic E-state index is 7.14. The molecule has 1 saturated heterocycles. The maximum Gasteiger partial charge on any atom is 0.142 e. The molecule has 0 spiro atoms. The van der Waals surface area contributed by atoms with Gasteiger partial charge in [0.15, 0.2) is 0 Å². The summed E-state index contributed by atoms with van der Waals surface area (Å²) in [6.45, 7) is 0. The highest BCUT2D eigenvalue weighted by molar-refractivity contribution is 6.01. The first-order valence-electron chi connectivity index (χ1n) is 18.3. The van der Waals surface area contributed by atoms with Gasteiger partial charge in [-0.05, 0) is 79.7 Å². The van der Waals surface area contributed by atoms with E-state index in [1.165, 1.54) is 44.8 Å². The number of hydrogen-bond donors (Lipinski definition) is 1. The zero-order valence-electron chi connectivity index (χ0n) is 27.5. The van der Waals surface area contributed by atoms with Crippen molar-refractivity contribution in [3.63, 3.8) is 0 Å². The third-order valence-corrected chi connectivity index (χ3v) is 11.9. The minimum absolute atomic E-state index is 0.131. The van der Waals surface area contributed by atoms with Crippen LogP contribution in [0.5, 0.6) is 0 Å². The number of ether oxygens (including phenoxy) is 1. The Hall–Kier alpha value is -4.57. The predicted octanol–water partition coefficient (Wildman–Crippen LogP) is 9.16.